The van der Waals surface area contributed by atoms with Crippen LogP contribution < -0.4 is 5.32 Å². The van der Waals surface area contributed by atoms with Gasteiger partial charge in [0.15, 0.2) is 0 Å². The number of nitrogens with zero attached hydrogens (tertiary/aromatic N) is 3. The molecule has 3 aromatic rings. The number of hydrogen-bond acceptors (Lipinski definition) is 3. The van der Waals surface area contributed by atoms with Gasteiger partial charge in [0, 0.05) is 37.0 Å². The highest BCUT2D eigenvalue weighted by atomic mass is 16.5. The minimum absolute atomic E-state index is 0.0363. The van der Waals surface area contributed by atoms with Crippen LogP contribution in [-0.4, -0.2) is 56.7 Å². The molecule has 2 aliphatic heterocycles. The molecule has 1 aliphatic carbocycles. The van der Waals surface area contributed by atoms with Gasteiger partial charge in [-0.2, -0.15) is 0 Å². The Balaban J connectivity index is 1.50. The Bertz CT molecular complexity index is 1270. The largest absolute Gasteiger partial charge is 0.376 e. The molecule has 2 fully saturated rings. The van der Waals surface area contributed by atoms with Crippen molar-refractivity contribution in [2.24, 2.45) is 0 Å². The second kappa shape index (κ2) is 8.55. The minimum Gasteiger partial charge on any atom is -0.376 e. The van der Waals surface area contributed by atoms with Crippen molar-refractivity contribution in [1.82, 2.24) is 19.4 Å². The van der Waals surface area contributed by atoms with Gasteiger partial charge in [-0.25, -0.2) is 0 Å². The predicted molar refractivity (Wildman–Crippen MR) is 135 cm³/mol. The van der Waals surface area contributed by atoms with E-state index in [1.807, 2.05) is 36.0 Å². The van der Waals surface area contributed by atoms with Crippen LogP contribution in [0.1, 0.15) is 61.5 Å². The Hall–Kier alpha value is -3.06. The molecule has 0 bridgehead atoms. The number of fused-ring (bicyclic) bond motifs is 3. The molecule has 1 aromatic carbocycles. The molecule has 0 radical (unpaired) electrons. The lowest BCUT2D eigenvalue weighted by Crippen LogP contribution is -2.66. The van der Waals surface area contributed by atoms with Crippen LogP contribution in [-0.2, 0) is 16.1 Å². The van der Waals surface area contributed by atoms with E-state index in [1.165, 1.54) is 0 Å². The maximum atomic E-state index is 14.4. The van der Waals surface area contributed by atoms with E-state index in [9.17, 15) is 9.59 Å². The van der Waals surface area contributed by atoms with Crippen molar-refractivity contribution in [2.45, 2.75) is 76.6 Å². The van der Waals surface area contributed by atoms with Crippen LogP contribution in [0.3, 0.4) is 0 Å². The molecule has 1 N–H and O–H groups in total. The SMILES string of the molecule is Cc1ccc2c(c1)c(-n1cccc1)c1n2C[C@@](C)(C(=O)NC2CCCC2)N(C[C@H]2CCCO2)C1=O. The van der Waals surface area contributed by atoms with Gasteiger partial charge in [0.2, 0.25) is 5.91 Å². The van der Waals surface area contributed by atoms with Crippen LogP contribution >= 0.6 is 0 Å². The van der Waals surface area contributed by atoms with Crippen molar-refractivity contribution >= 4 is 22.7 Å². The molecule has 0 unspecified atom stereocenters. The predicted octanol–water partition coefficient (Wildman–Crippen LogP) is 4.19. The second-order valence-corrected chi connectivity index (χ2v) is 10.7. The molecule has 7 nitrogen and oxygen atoms in total. The molecular weight excluding hydrogens is 440 g/mol. The summed E-state index contributed by atoms with van der Waals surface area (Å²) in [7, 11) is 0. The number of carbonyl (C=O) groups excluding carboxylic acids is 2. The summed E-state index contributed by atoms with van der Waals surface area (Å²) >= 11 is 0. The number of aryl methyl sites for hydroxylation is 1. The maximum Gasteiger partial charge on any atom is 0.273 e. The molecule has 6 rings (SSSR count). The van der Waals surface area contributed by atoms with Crippen LogP contribution in [0.5, 0.6) is 0 Å². The number of rotatable bonds is 5. The van der Waals surface area contributed by atoms with Gasteiger partial charge in [0.1, 0.15) is 11.2 Å². The summed E-state index contributed by atoms with van der Waals surface area (Å²) < 4.78 is 10.0. The number of carbonyl (C=O) groups is 2. The molecule has 0 spiro atoms. The monoisotopic (exact) mass is 474 g/mol. The third kappa shape index (κ3) is 3.68. The van der Waals surface area contributed by atoms with Crippen molar-refractivity contribution in [1.29, 1.82) is 0 Å². The number of nitrogens with one attached hydrogen (secondary N) is 1. The molecule has 35 heavy (non-hydrogen) atoms. The lowest BCUT2D eigenvalue weighted by Gasteiger charge is -2.45. The Morgan fingerprint density at radius 3 is 2.63 bits per heavy atom. The zero-order valence-corrected chi connectivity index (χ0v) is 20.6. The van der Waals surface area contributed by atoms with E-state index >= 15 is 0 Å². The summed E-state index contributed by atoms with van der Waals surface area (Å²) in [5, 5.41) is 4.32. The molecular formula is C28H34N4O3. The third-order valence-electron chi connectivity index (χ3n) is 8.15. The van der Waals surface area contributed by atoms with Crippen LogP contribution in [0, 0.1) is 6.92 Å². The summed E-state index contributed by atoms with van der Waals surface area (Å²) in [4.78, 5) is 30.1. The van der Waals surface area contributed by atoms with Gasteiger partial charge < -0.3 is 24.1 Å². The summed E-state index contributed by atoms with van der Waals surface area (Å²) in [5.41, 5.74) is 2.66. The molecule has 1 saturated heterocycles. The molecule has 7 heteroatoms. The smallest absolute Gasteiger partial charge is 0.273 e. The normalized spacial score (nSPS) is 24.9. The van der Waals surface area contributed by atoms with E-state index in [2.05, 4.69) is 35.0 Å². The molecule has 3 aliphatic rings. The van der Waals surface area contributed by atoms with E-state index in [4.69, 9.17) is 4.74 Å². The van der Waals surface area contributed by atoms with Gasteiger partial charge in [-0.15, -0.1) is 0 Å². The van der Waals surface area contributed by atoms with Crippen molar-refractivity contribution < 1.29 is 14.3 Å². The summed E-state index contributed by atoms with van der Waals surface area (Å²) in [6.45, 7) is 5.56. The van der Waals surface area contributed by atoms with Crippen molar-refractivity contribution in [3.05, 3.63) is 54.0 Å². The second-order valence-electron chi connectivity index (χ2n) is 10.7. The summed E-state index contributed by atoms with van der Waals surface area (Å²) in [6.07, 6.45) is 10.1. The Kier molecular flexibility index (Phi) is 5.48. The summed E-state index contributed by atoms with van der Waals surface area (Å²) in [6, 6.07) is 10.4. The number of hydrogen-bond donors (Lipinski definition) is 1. The van der Waals surface area contributed by atoms with E-state index in [0.717, 1.165) is 60.7 Å². The maximum absolute atomic E-state index is 14.4. The Labute approximate surface area is 206 Å². The average Bonchev–Trinajstić information content (AvgIpc) is 3.64. The molecule has 2 amide bonds. The Morgan fingerprint density at radius 1 is 1.14 bits per heavy atom. The van der Waals surface area contributed by atoms with E-state index < -0.39 is 5.54 Å². The average molecular weight is 475 g/mol. The number of benzene rings is 1. The highest BCUT2D eigenvalue weighted by Gasteiger charge is 2.50. The zero-order chi connectivity index (χ0) is 24.2. The van der Waals surface area contributed by atoms with E-state index in [0.29, 0.717) is 25.4 Å². The quantitative estimate of drug-likeness (QED) is 0.603. The summed E-state index contributed by atoms with van der Waals surface area (Å²) in [5.74, 6) is -0.161. The lowest BCUT2D eigenvalue weighted by molar-refractivity contribution is -0.134. The van der Waals surface area contributed by atoms with Gasteiger partial charge in [-0.1, -0.05) is 24.5 Å². The molecule has 184 valence electrons. The van der Waals surface area contributed by atoms with Crippen molar-refractivity contribution in [3.63, 3.8) is 0 Å². The first-order valence-corrected chi connectivity index (χ1v) is 13.0. The molecule has 1 saturated carbocycles. The topological polar surface area (TPSA) is 68.5 Å². The number of amides is 2. The highest BCUT2D eigenvalue weighted by molar-refractivity contribution is 6.09. The van der Waals surface area contributed by atoms with Gasteiger partial charge in [0.25, 0.3) is 5.91 Å². The Morgan fingerprint density at radius 2 is 1.91 bits per heavy atom. The van der Waals surface area contributed by atoms with Gasteiger partial charge in [0.05, 0.1) is 23.9 Å². The molecule has 2 aromatic heterocycles. The number of ether oxygens (including phenoxy) is 1. The first-order chi connectivity index (χ1) is 17.0. The fourth-order valence-corrected chi connectivity index (χ4v) is 6.20. The molecule has 2 atom stereocenters. The fraction of sp³-hybridized carbons (Fsp3) is 0.500. The van der Waals surface area contributed by atoms with Crippen LogP contribution in [0.4, 0.5) is 0 Å². The van der Waals surface area contributed by atoms with Crippen LogP contribution in [0.2, 0.25) is 0 Å². The first-order valence-electron chi connectivity index (χ1n) is 13.0. The van der Waals surface area contributed by atoms with Crippen molar-refractivity contribution in [3.8, 4) is 5.69 Å². The standard InChI is InChI=1S/C28H34N4O3/c1-19-11-12-23-22(16-19)24(30-13-5-6-14-30)25-26(33)32(17-21-10-7-15-35-21)28(2,18-31(23)25)27(34)29-20-8-3-4-9-20/h5-6,11-14,16,20-21H,3-4,7-10,15,17-18H2,1-2H3,(H,29,34)/t21-,28+/m1/s1. The zero-order valence-electron chi connectivity index (χ0n) is 20.6. The van der Waals surface area contributed by atoms with E-state index in [1.54, 1.807) is 4.90 Å². The third-order valence-corrected chi connectivity index (χ3v) is 8.15. The van der Waals surface area contributed by atoms with Crippen LogP contribution in [0.25, 0.3) is 16.6 Å². The first kappa shape index (κ1) is 22.4. The minimum atomic E-state index is -0.997. The lowest BCUT2D eigenvalue weighted by atomic mass is 9.93. The van der Waals surface area contributed by atoms with Gasteiger partial charge >= 0.3 is 0 Å². The van der Waals surface area contributed by atoms with Crippen LogP contribution in [0.15, 0.2) is 42.7 Å². The number of aromatic nitrogens is 2. The fourth-order valence-electron chi connectivity index (χ4n) is 6.20. The van der Waals surface area contributed by atoms with E-state index in [-0.39, 0.29) is 24.0 Å². The van der Waals surface area contributed by atoms with Crippen molar-refractivity contribution in [2.75, 3.05) is 13.2 Å². The highest BCUT2D eigenvalue weighted by Crippen LogP contribution is 2.39. The molecule has 4 heterocycles. The van der Waals surface area contributed by atoms with Gasteiger partial charge in [-0.05, 0) is 63.8 Å². The van der Waals surface area contributed by atoms with Gasteiger partial charge in [-0.3, -0.25) is 9.59 Å².